The van der Waals surface area contributed by atoms with Gasteiger partial charge in [0.05, 0.1) is 6.42 Å². The van der Waals surface area contributed by atoms with Gasteiger partial charge in [-0.25, -0.2) is 4.79 Å². The molecule has 1 fully saturated rings. The SMILES string of the molecule is CC(C)(C)OC(=O)CC1CCCN(C(=O)OC(C)(C)C)C1. The third-order valence-electron chi connectivity index (χ3n) is 3.05. The van der Waals surface area contributed by atoms with Gasteiger partial charge in [0.2, 0.25) is 0 Å². The predicted molar refractivity (Wildman–Crippen MR) is 81.0 cm³/mol. The summed E-state index contributed by atoms with van der Waals surface area (Å²) in [5, 5.41) is 0. The minimum Gasteiger partial charge on any atom is -0.460 e. The number of hydrogen-bond acceptors (Lipinski definition) is 4. The van der Waals surface area contributed by atoms with Crippen LogP contribution in [-0.4, -0.2) is 41.3 Å². The lowest BCUT2D eigenvalue weighted by molar-refractivity contribution is -0.156. The highest BCUT2D eigenvalue weighted by molar-refractivity contribution is 5.71. The highest BCUT2D eigenvalue weighted by Crippen LogP contribution is 2.23. The normalized spacial score (nSPS) is 20.1. The van der Waals surface area contributed by atoms with Gasteiger partial charge in [-0.3, -0.25) is 4.79 Å². The van der Waals surface area contributed by atoms with E-state index in [0.717, 1.165) is 12.8 Å². The lowest BCUT2D eigenvalue weighted by Gasteiger charge is -2.34. The summed E-state index contributed by atoms with van der Waals surface area (Å²) in [5.74, 6) is -0.0420. The summed E-state index contributed by atoms with van der Waals surface area (Å²) in [6.45, 7) is 12.4. The first-order valence-electron chi connectivity index (χ1n) is 7.66. The first kappa shape index (κ1) is 17.8. The van der Waals surface area contributed by atoms with E-state index >= 15 is 0 Å². The number of carbonyl (C=O) groups is 2. The first-order chi connectivity index (χ1) is 9.46. The topological polar surface area (TPSA) is 55.8 Å². The molecule has 0 aromatic carbocycles. The van der Waals surface area contributed by atoms with Crippen LogP contribution in [0.1, 0.15) is 60.8 Å². The van der Waals surface area contributed by atoms with Gasteiger partial charge < -0.3 is 14.4 Å². The molecule has 1 heterocycles. The van der Waals surface area contributed by atoms with Gasteiger partial charge in [0.25, 0.3) is 0 Å². The van der Waals surface area contributed by atoms with Crippen LogP contribution in [0.15, 0.2) is 0 Å². The maximum atomic E-state index is 12.1. The molecule has 0 bridgehead atoms. The minimum absolute atomic E-state index is 0.154. The zero-order valence-corrected chi connectivity index (χ0v) is 14.2. The Morgan fingerprint density at radius 1 is 1.05 bits per heavy atom. The quantitative estimate of drug-likeness (QED) is 0.734. The number of amides is 1. The molecule has 1 atom stereocenters. The number of piperidine rings is 1. The van der Waals surface area contributed by atoms with Gasteiger partial charge >= 0.3 is 12.1 Å². The number of carbonyl (C=O) groups excluding carboxylic acids is 2. The van der Waals surface area contributed by atoms with E-state index < -0.39 is 11.2 Å². The van der Waals surface area contributed by atoms with E-state index in [2.05, 4.69) is 0 Å². The molecule has 1 aliphatic heterocycles. The van der Waals surface area contributed by atoms with Crippen molar-refractivity contribution in [3.05, 3.63) is 0 Å². The molecule has 5 nitrogen and oxygen atoms in total. The molecular formula is C16H29NO4. The molecule has 1 unspecified atom stereocenters. The van der Waals surface area contributed by atoms with Crippen molar-refractivity contribution < 1.29 is 19.1 Å². The largest absolute Gasteiger partial charge is 0.460 e. The van der Waals surface area contributed by atoms with Crippen molar-refractivity contribution in [3.63, 3.8) is 0 Å². The molecule has 21 heavy (non-hydrogen) atoms. The molecular weight excluding hydrogens is 270 g/mol. The van der Waals surface area contributed by atoms with E-state index in [1.165, 1.54) is 0 Å². The Morgan fingerprint density at radius 2 is 1.62 bits per heavy atom. The Morgan fingerprint density at radius 3 is 2.14 bits per heavy atom. The zero-order chi connectivity index (χ0) is 16.3. The van der Waals surface area contributed by atoms with Crippen molar-refractivity contribution in [1.29, 1.82) is 0 Å². The van der Waals surface area contributed by atoms with E-state index in [9.17, 15) is 9.59 Å². The zero-order valence-electron chi connectivity index (χ0n) is 14.2. The van der Waals surface area contributed by atoms with Gasteiger partial charge in [0.15, 0.2) is 0 Å². The molecule has 5 heteroatoms. The fourth-order valence-corrected chi connectivity index (χ4v) is 2.34. The molecule has 1 amide bonds. The van der Waals surface area contributed by atoms with Gasteiger partial charge in [-0.1, -0.05) is 0 Å². The molecule has 1 rings (SSSR count). The Labute approximate surface area is 128 Å². The minimum atomic E-state index is -0.491. The van der Waals surface area contributed by atoms with E-state index in [-0.39, 0.29) is 18.0 Å². The molecule has 0 spiro atoms. The van der Waals surface area contributed by atoms with Crippen LogP contribution in [0.25, 0.3) is 0 Å². The number of nitrogens with zero attached hydrogens (tertiary/aromatic N) is 1. The molecule has 0 radical (unpaired) electrons. The molecule has 0 saturated carbocycles. The summed E-state index contributed by atoms with van der Waals surface area (Å²) in [6, 6.07) is 0. The standard InChI is InChI=1S/C16H29NO4/c1-15(2,3)20-13(18)10-12-8-7-9-17(11-12)14(19)21-16(4,5)6/h12H,7-11H2,1-6H3. The Bertz CT molecular complexity index is 379. The number of ether oxygens (including phenoxy) is 2. The highest BCUT2D eigenvalue weighted by atomic mass is 16.6. The first-order valence-corrected chi connectivity index (χ1v) is 7.66. The second kappa shape index (κ2) is 6.67. The number of rotatable bonds is 2. The summed E-state index contributed by atoms with van der Waals surface area (Å²) in [5.41, 5.74) is -0.953. The summed E-state index contributed by atoms with van der Waals surface area (Å²) in [4.78, 5) is 25.6. The fraction of sp³-hybridized carbons (Fsp3) is 0.875. The van der Waals surface area contributed by atoms with E-state index in [1.807, 2.05) is 41.5 Å². The maximum absolute atomic E-state index is 12.1. The van der Waals surface area contributed by atoms with Gasteiger partial charge in [-0.2, -0.15) is 0 Å². The third-order valence-corrected chi connectivity index (χ3v) is 3.05. The Balaban J connectivity index is 2.49. The number of hydrogen-bond donors (Lipinski definition) is 0. The van der Waals surface area contributed by atoms with Gasteiger partial charge in [-0.15, -0.1) is 0 Å². The van der Waals surface area contributed by atoms with Gasteiger partial charge in [-0.05, 0) is 60.3 Å². The Kier molecular flexibility index (Phi) is 5.65. The molecule has 122 valence electrons. The second-order valence-electron chi connectivity index (χ2n) is 7.73. The Hall–Kier alpha value is -1.26. The van der Waals surface area contributed by atoms with Crippen LogP contribution >= 0.6 is 0 Å². The second-order valence-corrected chi connectivity index (χ2v) is 7.73. The van der Waals surface area contributed by atoms with Crippen molar-refractivity contribution in [1.82, 2.24) is 4.90 Å². The van der Waals surface area contributed by atoms with Crippen LogP contribution in [0.4, 0.5) is 4.79 Å². The molecule has 0 aromatic heterocycles. The van der Waals surface area contributed by atoms with Crippen LogP contribution in [0.2, 0.25) is 0 Å². The van der Waals surface area contributed by atoms with Crippen molar-refractivity contribution >= 4 is 12.1 Å². The average molecular weight is 299 g/mol. The van der Waals surface area contributed by atoms with Gasteiger partial charge in [0.1, 0.15) is 11.2 Å². The third kappa shape index (κ3) is 7.34. The van der Waals surface area contributed by atoms with Crippen LogP contribution < -0.4 is 0 Å². The summed E-state index contributed by atoms with van der Waals surface area (Å²) >= 11 is 0. The summed E-state index contributed by atoms with van der Waals surface area (Å²) < 4.78 is 10.7. The van der Waals surface area contributed by atoms with E-state index in [4.69, 9.17) is 9.47 Å². The summed E-state index contributed by atoms with van der Waals surface area (Å²) in [6.07, 6.45) is 1.90. The van der Waals surface area contributed by atoms with E-state index in [1.54, 1.807) is 4.90 Å². The fourth-order valence-electron chi connectivity index (χ4n) is 2.34. The smallest absolute Gasteiger partial charge is 0.410 e. The summed E-state index contributed by atoms with van der Waals surface area (Å²) in [7, 11) is 0. The number of likely N-dealkylation sites (tertiary alicyclic amines) is 1. The van der Waals surface area contributed by atoms with Gasteiger partial charge in [0, 0.05) is 13.1 Å². The van der Waals surface area contributed by atoms with Crippen molar-refractivity contribution in [2.24, 2.45) is 5.92 Å². The lowest BCUT2D eigenvalue weighted by Crippen LogP contribution is -2.43. The average Bonchev–Trinajstić information content (AvgIpc) is 2.24. The van der Waals surface area contributed by atoms with E-state index in [0.29, 0.717) is 19.5 Å². The van der Waals surface area contributed by atoms with Crippen LogP contribution in [-0.2, 0) is 14.3 Å². The monoisotopic (exact) mass is 299 g/mol. The van der Waals surface area contributed by atoms with Crippen LogP contribution in [0, 0.1) is 5.92 Å². The van der Waals surface area contributed by atoms with Crippen molar-refractivity contribution in [2.75, 3.05) is 13.1 Å². The van der Waals surface area contributed by atoms with Crippen LogP contribution in [0.3, 0.4) is 0 Å². The molecule has 1 aliphatic rings. The maximum Gasteiger partial charge on any atom is 0.410 e. The molecule has 1 saturated heterocycles. The lowest BCUT2D eigenvalue weighted by atomic mass is 9.95. The highest BCUT2D eigenvalue weighted by Gasteiger charge is 2.29. The van der Waals surface area contributed by atoms with Crippen molar-refractivity contribution in [3.8, 4) is 0 Å². The van der Waals surface area contributed by atoms with Crippen molar-refractivity contribution in [2.45, 2.75) is 72.0 Å². The molecule has 0 N–H and O–H groups in total. The number of esters is 1. The van der Waals surface area contributed by atoms with Crippen LogP contribution in [0.5, 0.6) is 0 Å². The molecule has 0 aliphatic carbocycles. The molecule has 0 aromatic rings. The predicted octanol–water partition coefficient (Wildman–Crippen LogP) is 3.37.